The number of methoxy groups -OCH3 is 1. The van der Waals surface area contributed by atoms with Crippen LogP contribution in [0.2, 0.25) is 0 Å². The second-order valence-electron chi connectivity index (χ2n) is 12.6. The zero-order chi connectivity index (χ0) is 42.9. The van der Waals surface area contributed by atoms with E-state index < -0.39 is 97.9 Å². The third kappa shape index (κ3) is 8.04. The Hall–Kier alpha value is -6.79. The Morgan fingerprint density at radius 3 is 2.29 bits per heavy atom. The summed E-state index contributed by atoms with van der Waals surface area (Å²) in [6, 6.07) is 4.19. The van der Waals surface area contributed by atoms with Crippen molar-refractivity contribution in [3.63, 3.8) is 0 Å². The minimum atomic E-state index is -2.13. The van der Waals surface area contributed by atoms with Gasteiger partial charge in [0.15, 0.2) is 11.3 Å². The van der Waals surface area contributed by atoms with Gasteiger partial charge in [-0.25, -0.2) is 9.48 Å². The molecular weight excluding hydrogens is 823 g/mol. The maximum Gasteiger partial charge on any atom is 0.352 e. The number of thioether (sulfide) groups is 2. The highest BCUT2D eigenvalue weighted by atomic mass is 32.2. The largest absolute Gasteiger partial charge is 0.508 e. The molecule has 22 nitrogen and oxygen atoms in total. The Bertz CT molecular complexity index is 2540. The van der Waals surface area contributed by atoms with Crippen LogP contribution in [0.25, 0.3) is 11.0 Å². The minimum absolute atomic E-state index is 0.0500. The number of aromatic hydroxyl groups is 1. The molecule has 4 heterocycles. The average molecular weight is 854 g/mol. The van der Waals surface area contributed by atoms with Crippen molar-refractivity contribution in [3.8, 4) is 23.0 Å². The molecule has 6 rings (SSSR count). The van der Waals surface area contributed by atoms with Gasteiger partial charge in [0.05, 0.1) is 5.39 Å². The van der Waals surface area contributed by atoms with Crippen molar-refractivity contribution in [1.82, 2.24) is 35.7 Å². The fraction of sp³-hybridized carbons (Fsp3) is 0.286. The predicted molar refractivity (Wildman–Crippen MR) is 200 cm³/mol. The van der Waals surface area contributed by atoms with Crippen molar-refractivity contribution < 1.29 is 67.1 Å². The van der Waals surface area contributed by atoms with E-state index in [1.54, 1.807) is 7.05 Å². The number of nitrogens with zero attached hydrogens (tertiary/aromatic N) is 5. The van der Waals surface area contributed by atoms with E-state index in [2.05, 4.69) is 26.2 Å². The van der Waals surface area contributed by atoms with E-state index in [0.717, 1.165) is 62.4 Å². The molecule has 2 aliphatic rings. The quantitative estimate of drug-likeness (QED) is 0.0475. The number of phenolic OH excluding ortho intramolecular Hbond substituents is 1. The van der Waals surface area contributed by atoms with Crippen molar-refractivity contribution >= 4 is 76.1 Å². The summed E-state index contributed by atoms with van der Waals surface area (Å²) < 4.78 is 28.0. The number of carboxylic acids is 1. The van der Waals surface area contributed by atoms with Crippen LogP contribution in [-0.4, -0.2) is 107 Å². The lowest BCUT2D eigenvalue weighted by Gasteiger charge is -2.56. The molecule has 59 heavy (non-hydrogen) atoms. The molecule has 2 aliphatic heterocycles. The van der Waals surface area contributed by atoms with Gasteiger partial charge in [0.25, 0.3) is 17.5 Å². The van der Waals surface area contributed by atoms with E-state index in [1.807, 2.05) is 0 Å². The summed E-state index contributed by atoms with van der Waals surface area (Å²) in [6.45, 7) is 3.00. The first kappa shape index (κ1) is 41.8. The normalized spacial score (nSPS) is 17.7. The van der Waals surface area contributed by atoms with Gasteiger partial charge in [-0.1, -0.05) is 23.9 Å². The second kappa shape index (κ2) is 16.6. The highest BCUT2D eigenvalue weighted by Crippen LogP contribution is 2.48. The maximum atomic E-state index is 14.2. The fourth-order valence-corrected chi connectivity index (χ4v) is 8.47. The smallest absolute Gasteiger partial charge is 0.352 e. The van der Waals surface area contributed by atoms with Crippen molar-refractivity contribution in [1.29, 1.82) is 0 Å². The summed E-state index contributed by atoms with van der Waals surface area (Å²) in [5, 5.41) is 35.1. The number of esters is 3. The summed E-state index contributed by atoms with van der Waals surface area (Å²) in [7, 11) is 2.73. The van der Waals surface area contributed by atoms with Crippen LogP contribution in [0.4, 0.5) is 0 Å². The summed E-state index contributed by atoms with van der Waals surface area (Å²) in [5.41, 5.74) is -4.30. The number of aromatic nitrogens is 4. The Morgan fingerprint density at radius 1 is 1.03 bits per heavy atom. The van der Waals surface area contributed by atoms with Gasteiger partial charge < -0.3 is 44.2 Å². The van der Waals surface area contributed by atoms with Gasteiger partial charge in [-0.2, -0.15) is 0 Å². The molecule has 24 heteroatoms. The molecular formula is C35H31N7O15S2. The number of aliphatic carboxylic acids is 1. The molecule has 0 saturated carbocycles. The lowest BCUT2D eigenvalue weighted by Crippen LogP contribution is -2.81. The number of ether oxygens (including phenoxy) is 4. The monoisotopic (exact) mass is 853 g/mol. The zero-order valence-electron chi connectivity index (χ0n) is 31.3. The predicted octanol–water partition coefficient (Wildman–Crippen LogP) is 0.774. The zero-order valence-corrected chi connectivity index (χ0v) is 32.9. The molecule has 0 aliphatic carbocycles. The van der Waals surface area contributed by atoms with Crippen LogP contribution in [0.3, 0.4) is 0 Å². The van der Waals surface area contributed by atoms with Crippen molar-refractivity contribution in [2.24, 2.45) is 7.05 Å². The number of hydrogen-bond acceptors (Lipinski definition) is 19. The third-order valence-electron chi connectivity index (χ3n) is 8.59. The Kier molecular flexibility index (Phi) is 11.8. The Labute approximate surface area is 339 Å². The van der Waals surface area contributed by atoms with Crippen LogP contribution in [0.5, 0.6) is 23.0 Å². The number of carboxylic acid groups (broad SMARTS) is 1. The van der Waals surface area contributed by atoms with E-state index in [4.69, 9.17) is 23.4 Å². The van der Waals surface area contributed by atoms with Gasteiger partial charge in [0.1, 0.15) is 34.7 Å². The van der Waals surface area contributed by atoms with Gasteiger partial charge in [0, 0.05) is 52.5 Å². The van der Waals surface area contributed by atoms with Crippen LogP contribution >= 0.6 is 23.5 Å². The molecule has 3 amide bonds. The Balaban J connectivity index is 1.33. The first-order valence-electron chi connectivity index (χ1n) is 16.9. The van der Waals surface area contributed by atoms with Gasteiger partial charge in [-0.3, -0.25) is 38.5 Å². The van der Waals surface area contributed by atoms with Crippen LogP contribution in [0.15, 0.2) is 62.2 Å². The summed E-state index contributed by atoms with van der Waals surface area (Å²) >= 11 is 2.26. The molecule has 0 radical (unpaired) electrons. The molecule has 1 saturated heterocycles. The standard InChI is InChI=1S/C35H31N7O15S2/c1-14(43)55-22-10-20-25(47)21(11-54-26(20)28(57-16(3)45)27(22)56-15(2)44)29(48)36-23(17-6-8-19(46)9-7-17)30(49)37-35(53-5)32(52)42-24(31(50)51)18(12-58-33(35)42)13-59-34-38-39-40-41(34)4/h6-11,23,33,46H,12-13H2,1-5H3,(H,36,48)(H,37,49)(H,50,51)/t23?,33-,35-/m0/s1. The molecule has 0 spiro atoms. The topological polar surface area (TPSA) is 298 Å². The number of amides is 3. The molecule has 2 aromatic carbocycles. The highest BCUT2D eigenvalue weighted by molar-refractivity contribution is 8.01. The number of β-lactam (4-membered cyclic amide) rings is 1. The number of tetrazole rings is 1. The van der Waals surface area contributed by atoms with Gasteiger partial charge in [-0.15, -0.1) is 16.9 Å². The molecule has 3 atom stereocenters. The molecule has 308 valence electrons. The molecule has 1 fully saturated rings. The summed E-state index contributed by atoms with van der Waals surface area (Å²) in [5.74, 6) is -9.12. The number of aryl methyl sites for hydroxylation is 1. The van der Waals surface area contributed by atoms with E-state index in [-0.39, 0.29) is 28.5 Å². The van der Waals surface area contributed by atoms with E-state index >= 15 is 0 Å². The maximum absolute atomic E-state index is 14.2. The number of phenols is 1. The van der Waals surface area contributed by atoms with E-state index in [0.29, 0.717) is 17.0 Å². The van der Waals surface area contributed by atoms with E-state index in [1.165, 1.54) is 28.9 Å². The highest BCUT2D eigenvalue weighted by Gasteiger charge is 2.67. The number of rotatable bonds is 13. The van der Waals surface area contributed by atoms with Crippen molar-refractivity contribution in [2.75, 3.05) is 18.6 Å². The molecule has 0 bridgehead atoms. The lowest BCUT2D eigenvalue weighted by molar-refractivity contribution is -0.192. The van der Waals surface area contributed by atoms with Gasteiger partial charge in [0.2, 0.25) is 28.0 Å². The first-order valence-corrected chi connectivity index (χ1v) is 18.9. The van der Waals surface area contributed by atoms with Crippen molar-refractivity contribution in [2.45, 2.75) is 43.1 Å². The summed E-state index contributed by atoms with van der Waals surface area (Å²) in [6.07, 6.45) is 0.682. The Morgan fingerprint density at radius 2 is 1.69 bits per heavy atom. The number of fused-ring (bicyclic) bond motifs is 2. The molecule has 4 N–H and O–H groups in total. The van der Waals surface area contributed by atoms with E-state index in [9.17, 15) is 48.6 Å². The van der Waals surface area contributed by atoms with Gasteiger partial charge >= 0.3 is 23.9 Å². The lowest BCUT2D eigenvalue weighted by atomic mass is 9.96. The van der Waals surface area contributed by atoms with Crippen LogP contribution in [-0.2, 0) is 40.6 Å². The van der Waals surface area contributed by atoms with Crippen LogP contribution in [0, 0.1) is 0 Å². The SMILES string of the molecule is CO[C@@]1(NC(=O)C(NC(=O)c2coc3c(OC(C)=O)c(OC(C)=O)c(OC(C)=O)cc3c2=O)c2ccc(O)cc2)C(=O)N2C(C(=O)O)=C(CSc3nnnn3C)CS[C@H]21. The fourth-order valence-electron chi connectivity index (χ4n) is 6.05. The number of nitrogens with one attached hydrogen (secondary N) is 2. The molecule has 4 aromatic rings. The van der Waals surface area contributed by atoms with Crippen LogP contribution in [0.1, 0.15) is 42.7 Å². The molecule has 1 unspecified atom stereocenters. The average Bonchev–Trinajstić information content (AvgIpc) is 3.59. The van der Waals surface area contributed by atoms with Gasteiger partial charge in [-0.05, 0) is 33.7 Å². The minimum Gasteiger partial charge on any atom is -0.508 e. The van der Waals surface area contributed by atoms with Crippen molar-refractivity contribution in [3.05, 3.63) is 69.2 Å². The summed E-state index contributed by atoms with van der Waals surface area (Å²) in [4.78, 5) is 105. The number of hydrogen-bond donors (Lipinski definition) is 4. The third-order valence-corrected chi connectivity index (χ3v) is 11.1. The first-order chi connectivity index (χ1) is 28.0. The van der Waals surface area contributed by atoms with Crippen LogP contribution < -0.4 is 30.3 Å². The number of carbonyl (C=O) groups excluding carboxylic acids is 6. The number of benzene rings is 2. The second-order valence-corrected chi connectivity index (χ2v) is 14.6. The molecule has 2 aromatic heterocycles. The number of carbonyl (C=O) groups is 7.